The maximum Gasteiger partial charge on any atom is 0.203 e. The summed E-state index contributed by atoms with van der Waals surface area (Å²) in [7, 11) is 0. The number of carbonyl (C=O) groups excluding carboxylic acids is 2. The van der Waals surface area contributed by atoms with Gasteiger partial charge in [-0.3, -0.25) is 9.59 Å². The van der Waals surface area contributed by atoms with Crippen molar-refractivity contribution in [1.82, 2.24) is 0 Å². The Bertz CT molecular complexity index is 586. The first-order valence-electron chi connectivity index (χ1n) is 8.63. The fourth-order valence-corrected chi connectivity index (χ4v) is 3.86. The Morgan fingerprint density at radius 2 is 1.70 bits per heavy atom. The van der Waals surface area contributed by atoms with Crippen LogP contribution in [0.1, 0.15) is 58.9 Å². The highest BCUT2D eigenvalue weighted by Gasteiger charge is 2.40. The molecule has 23 heavy (non-hydrogen) atoms. The van der Waals surface area contributed by atoms with Gasteiger partial charge in [-0.2, -0.15) is 0 Å². The quantitative estimate of drug-likeness (QED) is 0.777. The third-order valence-electron chi connectivity index (χ3n) is 4.84. The number of benzene rings is 1. The molecule has 0 amide bonds. The average molecular weight is 315 g/mol. The maximum absolute atomic E-state index is 12.5. The molecule has 0 heterocycles. The van der Waals surface area contributed by atoms with Gasteiger partial charge >= 0.3 is 0 Å². The summed E-state index contributed by atoms with van der Waals surface area (Å²) in [6.07, 6.45) is 3.94. The summed E-state index contributed by atoms with van der Waals surface area (Å²) in [6, 6.07) is 8.43. The molecule has 2 rings (SSSR count). The summed E-state index contributed by atoms with van der Waals surface area (Å²) in [5.41, 5.74) is 2.28. The van der Waals surface area contributed by atoms with Crippen molar-refractivity contribution in [2.75, 3.05) is 4.90 Å². The number of carbonyl (C=O) groups is 2. The SMILES string of the molecule is CC(=O)C(=O)C1CCCCC1N(c1ccccc1C)C(C)(C)C. The summed E-state index contributed by atoms with van der Waals surface area (Å²) in [5.74, 6) is -0.682. The third-order valence-corrected chi connectivity index (χ3v) is 4.84. The molecule has 0 N–H and O–H groups in total. The zero-order valence-electron chi connectivity index (χ0n) is 15.1. The monoisotopic (exact) mass is 315 g/mol. The lowest BCUT2D eigenvalue weighted by atomic mass is 9.78. The minimum absolute atomic E-state index is 0.0984. The molecule has 1 fully saturated rings. The van der Waals surface area contributed by atoms with E-state index in [-0.39, 0.29) is 29.1 Å². The van der Waals surface area contributed by atoms with Crippen LogP contribution < -0.4 is 4.90 Å². The lowest BCUT2D eigenvalue weighted by Crippen LogP contribution is -2.55. The van der Waals surface area contributed by atoms with E-state index in [4.69, 9.17) is 0 Å². The first-order valence-corrected chi connectivity index (χ1v) is 8.63. The van der Waals surface area contributed by atoms with Gasteiger partial charge in [0.1, 0.15) is 0 Å². The Kier molecular flexibility index (Phi) is 5.28. The lowest BCUT2D eigenvalue weighted by Gasteiger charge is -2.48. The largest absolute Gasteiger partial charge is 0.363 e. The van der Waals surface area contributed by atoms with E-state index in [9.17, 15) is 9.59 Å². The molecule has 1 aliphatic carbocycles. The number of ketones is 2. The molecule has 2 unspecified atom stereocenters. The molecule has 0 aromatic heterocycles. The molecule has 3 nitrogen and oxygen atoms in total. The summed E-state index contributed by atoms with van der Waals surface area (Å²) in [4.78, 5) is 26.6. The topological polar surface area (TPSA) is 37.4 Å². The van der Waals surface area contributed by atoms with E-state index in [0.29, 0.717) is 0 Å². The van der Waals surface area contributed by atoms with Crippen LogP contribution in [0.2, 0.25) is 0 Å². The molecule has 0 aliphatic heterocycles. The Labute approximate surface area is 140 Å². The Balaban J connectivity index is 2.47. The maximum atomic E-state index is 12.5. The highest BCUT2D eigenvalue weighted by Crippen LogP contribution is 2.38. The van der Waals surface area contributed by atoms with Crippen LogP contribution in [0, 0.1) is 12.8 Å². The molecule has 0 spiro atoms. The van der Waals surface area contributed by atoms with Crippen LogP contribution in [0.15, 0.2) is 24.3 Å². The zero-order valence-corrected chi connectivity index (χ0v) is 15.1. The molecule has 2 atom stereocenters. The van der Waals surface area contributed by atoms with E-state index >= 15 is 0 Å². The van der Waals surface area contributed by atoms with Crippen LogP contribution in [0.4, 0.5) is 5.69 Å². The standard InChI is InChI=1S/C20H29NO2/c1-14-10-6-8-12-17(14)21(20(3,4)5)18-13-9-7-11-16(18)19(23)15(2)22/h6,8,10,12,16,18H,7,9,11,13H2,1-5H3. The summed E-state index contributed by atoms with van der Waals surface area (Å²) < 4.78 is 0. The van der Waals surface area contributed by atoms with Gasteiger partial charge in [-0.1, -0.05) is 31.0 Å². The first kappa shape index (κ1) is 17.7. The summed E-state index contributed by atoms with van der Waals surface area (Å²) >= 11 is 0. The minimum Gasteiger partial charge on any atom is -0.363 e. The van der Waals surface area contributed by atoms with Crippen LogP contribution in [-0.2, 0) is 9.59 Å². The van der Waals surface area contributed by atoms with Crippen molar-refractivity contribution in [1.29, 1.82) is 0 Å². The average Bonchev–Trinajstić information content (AvgIpc) is 2.48. The zero-order chi connectivity index (χ0) is 17.2. The van der Waals surface area contributed by atoms with E-state index in [1.54, 1.807) is 0 Å². The molecule has 1 aromatic carbocycles. The summed E-state index contributed by atoms with van der Waals surface area (Å²) in [5, 5.41) is 0. The fraction of sp³-hybridized carbons (Fsp3) is 0.600. The normalized spacial score (nSPS) is 21.8. The fourth-order valence-electron chi connectivity index (χ4n) is 3.86. The van der Waals surface area contributed by atoms with Crippen LogP contribution in [-0.4, -0.2) is 23.1 Å². The van der Waals surface area contributed by atoms with Gasteiger partial charge in [0, 0.05) is 30.1 Å². The Morgan fingerprint density at radius 3 is 2.26 bits per heavy atom. The minimum atomic E-state index is -0.305. The van der Waals surface area contributed by atoms with Gasteiger partial charge in [-0.25, -0.2) is 0 Å². The number of anilines is 1. The molecule has 0 radical (unpaired) electrons. The highest BCUT2D eigenvalue weighted by molar-refractivity contribution is 6.37. The summed E-state index contributed by atoms with van der Waals surface area (Å²) in [6.45, 7) is 10.1. The van der Waals surface area contributed by atoms with Crippen LogP contribution in [0.25, 0.3) is 0 Å². The van der Waals surface area contributed by atoms with Crippen molar-refractivity contribution in [2.45, 2.75) is 71.9 Å². The van der Waals surface area contributed by atoms with Crippen LogP contribution >= 0.6 is 0 Å². The first-order chi connectivity index (χ1) is 10.7. The van der Waals surface area contributed by atoms with Gasteiger partial charge in [0.05, 0.1) is 0 Å². The molecule has 0 saturated heterocycles. The molecule has 126 valence electrons. The van der Waals surface area contributed by atoms with E-state index in [1.807, 2.05) is 12.1 Å². The molecule has 1 aromatic rings. The molecular formula is C20H29NO2. The van der Waals surface area contributed by atoms with Crippen molar-refractivity contribution in [3.8, 4) is 0 Å². The second-order valence-corrected chi connectivity index (χ2v) is 7.71. The van der Waals surface area contributed by atoms with Gasteiger partial charge in [0.25, 0.3) is 0 Å². The van der Waals surface area contributed by atoms with Gasteiger partial charge < -0.3 is 4.90 Å². The van der Waals surface area contributed by atoms with Crippen molar-refractivity contribution >= 4 is 17.3 Å². The van der Waals surface area contributed by atoms with Crippen LogP contribution in [0.5, 0.6) is 0 Å². The number of para-hydroxylation sites is 1. The molecule has 0 bridgehead atoms. The van der Waals surface area contributed by atoms with Gasteiger partial charge in [-0.05, 0) is 52.2 Å². The predicted molar refractivity (Wildman–Crippen MR) is 94.8 cm³/mol. The van der Waals surface area contributed by atoms with E-state index < -0.39 is 0 Å². The van der Waals surface area contributed by atoms with Crippen molar-refractivity contribution in [3.05, 3.63) is 29.8 Å². The van der Waals surface area contributed by atoms with Gasteiger partial charge in [0.2, 0.25) is 5.78 Å². The number of nitrogens with zero attached hydrogens (tertiary/aromatic N) is 1. The number of hydrogen-bond acceptors (Lipinski definition) is 3. The number of aryl methyl sites for hydroxylation is 1. The van der Waals surface area contributed by atoms with Gasteiger partial charge in [0.15, 0.2) is 5.78 Å². The lowest BCUT2D eigenvalue weighted by molar-refractivity contribution is -0.138. The van der Waals surface area contributed by atoms with E-state index in [0.717, 1.165) is 25.7 Å². The van der Waals surface area contributed by atoms with E-state index in [2.05, 4.69) is 44.7 Å². The number of rotatable bonds is 4. The smallest absolute Gasteiger partial charge is 0.203 e. The second-order valence-electron chi connectivity index (χ2n) is 7.71. The molecule has 1 aliphatic rings. The predicted octanol–water partition coefficient (Wildman–Crippen LogP) is 4.32. The number of Topliss-reactive ketones (excluding diaryl/α,β-unsaturated/α-hetero) is 2. The second kappa shape index (κ2) is 6.86. The molecular weight excluding hydrogens is 286 g/mol. The van der Waals surface area contributed by atoms with Crippen molar-refractivity contribution in [3.63, 3.8) is 0 Å². The van der Waals surface area contributed by atoms with Crippen molar-refractivity contribution < 1.29 is 9.59 Å². The van der Waals surface area contributed by atoms with Crippen LogP contribution in [0.3, 0.4) is 0 Å². The van der Waals surface area contributed by atoms with Gasteiger partial charge in [-0.15, -0.1) is 0 Å². The Morgan fingerprint density at radius 1 is 1.09 bits per heavy atom. The van der Waals surface area contributed by atoms with Crippen molar-refractivity contribution in [2.24, 2.45) is 5.92 Å². The van der Waals surface area contributed by atoms with E-state index in [1.165, 1.54) is 18.2 Å². The molecule has 1 saturated carbocycles. The third kappa shape index (κ3) is 3.82. The molecule has 3 heteroatoms. The highest BCUT2D eigenvalue weighted by atomic mass is 16.2. The Hall–Kier alpha value is -1.64. The number of hydrogen-bond donors (Lipinski definition) is 0.